The monoisotopic (exact) mass is 157 g/mol. The summed E-state index contributed by atoms with van der Waals surface area (Å²) in [5, 5.41) is 12.4. The summed E-state index contributed by atoms with van der Waals surface area (Å²) < 4.78 is 0. The van der Waals surface area contributed by atoms with Crippen molar-refractivity contribution < 1.29 is 5.11 Å². The lowest BCUT2D eigenvalue weighted by Gasteiger charge is -2.22. The Morgan fingerprint density at radius 3 is 2.55 bits per heavy atom. The molecule has 1 fully saturated rings. The molecule has 0 aliphatic heterocycles. The van der Waals surface area contributed by atoms with E-state index in [1.165, 1.54) is 12.8 Å². The van der Waals surface area contributed by atoms with Crippen molar-refractivity contribution in [3.63, 3.8) is 0 Å². The van der Waals surface area contributed by atoms with Gasteiger partial charge in [0.05, 0.1) is 0 Å². The fourth-order valence-corrected chi connectivity index (χ4v) is 1.64. The second-order valence-electron chi connectivity index (χ2n) is 3.58. The summed E-state index contributed by atoms with van der Waals surface area (Å²) >= 11 is 0. The molecule has 0 aromatic carbocycles. The maximum absolute atomic E-state index is 8.97. The molecule has 0 saturated heterocycles. The third kappa shape index (κ3) is 2.46. The first-order valence-corrected chi connectivity index (χ1v) is 4.63. The molecule has 0 spiro atoms. The van der Waals surface area contributed by atoms with E-state index in [1.54, 1.807) is 0 Å². The second-order valence-corrected chi connectivity index (χ2v) is 3.58. The predicted molar refractivity (Wildman–Crippen MR) is 46.4 cm³/mol. The Hall–Kier alpha value is -0.0800. The normalized spacial score (nSPS) is 23.2. The zero-order valence-corrected chi connectivity index (χ0v) is 7.51. The Morgan fingerprint density at radius 1 is 1.55 bits per heavy atom. The van der Waals surface area contributed by atoms with Crippen LogP contribution in [0, 0.1) is 11.8 Å². The summed E-state index contributed by atoms with van der Waals surface area (Å²) in [6.45, 7) is 5.57. The Labute approximate surface area is 69.0 Å². The molecule has 2 atom stereocenters. The van der Waals surface area contributed by atoms with E-state index in [2.05, 4.69) is 19.2 Å². The van der Waals surface area contributed by atoms with Crippen LogP contribution < -0.4 is 5.32 Å². The molecule has 0 bridgehead atoms. The highest BCUT2D eigenvalue weighted by Crippen LogP contribution is 2.35. The SMILES string of the molecule is CCNC(C(C)CO)C1CC1. The van der Waals surface area contributed by atoms with Gasteiger partial charge in [0.2, 0.25) is 0 Å². The van der Waals surface area contributed by atoms with Crippen molar-refractivity contribution in [2.24, 2.45) is 11.8 Å². The molecule has 0 radical (unpaired) electrons. The lowest BCUT2D eigenvalue weighted by Crippen LogP contribution is -2.38. The molecule has 0 aromatic rings. The summed E-state index contributed by atoms with van der Waals surface area (Å²) in [5.74, 6) is 1.26. The number of aliphatic hydroxyl groups excluding tert-OH is 1. The van der Waals surface area contributed by atoms with Crippen molar-refractivity contribution in [1.29, 1.82) is 0 Å². The minimum absolute atomic E-state index is 0.314. The van der Waals surface area contributed by atoms with E-state index in [-0.39, 0.29) is 0 Å². The Bertz CT molecular complexity index is 112. The number of aliphatic hydroxyl groups is 1. The molecule has 2 N–H and O–H groups in total. The maximum atomic E-state index is 8.97. The van der Waals surface area contributed by atoms with Gasteiger partial charge in [-0.1, -0.05) is 13.8 Å². The highest BCUT2D eigenvalue weighted by Gasteiger charge is 2.33. The Morgan fingerprint density at radius 2 is 2.18 bits per heavy atom. The van der Waals surface area contributed by atoms with E-state index < -0.39 is 0 Å². The van der Waals surface area contributed by atoms with Crippen LogP contribution in [0.1, 0.15) is 26.7 Å². The van der Waals surface area contributed by atoms with Crippen molar-refractivity contribution in [3.05, 3.63) is 0 Å². The third-order valence-corrected chi connectivity index (χ3v) is 2.47. The van der Waals surface area contributed by atoms with E-state index >= 15 is 0 Å². The van der Waals surface area contributed by atoms with Crippen LogP contribution in [0.5, 0.6) is 0 Å². The molecule has 0 amide bonds. The van der Waals surface area contributed by atoms with Gasteiger partial charge in [-0.2, -0.15) is 0 Å². The zero-order valence-electron chi connectivity index (χ0n) is 7.51. The van der Waals surface area contributed by atoms with Crippen molar-refractivity contribution in [2.45, 2.75) is 32.7 Å². The first kappa shape index (κ1) is 9.01. The number of nitrogens with one attached hydrogen (secondary N) is 1. The standard InChI is InChI=1S/C9H19NO/c1-3-10-9(7(2)6-11)8-4-5-8/h7-11H,3-6H2,1-2H3. The average Bonchev–Trinajstić information content (AvgIpc) is 2.81. The van der Waals surface area contributed by atoms with Crippen LogP contribution in [-0.4, -0.2) is 24.3 Å². The molecule has 0 aromatic heterocycles. The summed E-state index contributed by atoms with van der Waals surface area (Å²) in [6, 6.07) is 0.560. The minimum Gasteiger partial charge on any atom is -0.396 e. The number of hydrogen-bond acceptors (Lipinski definition) is 2. The van der Waals surface area contributed by atoms with Crippen LogP contribution in [-0.2, 0) is 0 Å². The molecule has 1 rings (SSSR count). The average molecular weight is 157 g/mol. The van der Waals surface area contributed by atoms with E-state index in [4.69, 9.17) is 5.11 Å². The van der Waals surface area contributed by atoms with Gasteiger partial charge < -0.3 is 10.4 Å². The summed E-state index contributed by atoms with van der Waals surface area (Å²) in [7, 11) is 0. The molecule has 1 saturated carbocycles. The molecule has 1 aliphatic carbocycles. The highest BCUT2D eigenvalue weighted by atomic mass is 16.3. The van der Waals surface area contributed by atoms with Crippen molar-refractivity contribution in [1.82, 2.24) is 5.32 Å². The quantitative estimate of drug-likeness (QED) is 0.624. The van der Waals surface area contributed by atoms with Gasteiger partial charge in [-0.15, -0.1) is 0 Å². The van der Waals surface area contributed by atoms with Crippen LogP contribution in [0.15, 0.2) is 0 Å². The van der Waals surface area contributed by atoms with Gasteiger partial charge in [0.1, 0.15) is 0 Å². The molecule has 1 aliphatic rings. The van der Waals surface area contributed by atoms with Crippen molar-refractivity contribution in [2.75, 3.05) is 13.2 Å². The van der Waals surface area contributed by atoms with E-state index in [9.17, 15) is 0 Å². The molecular formula is C9H19NO. The topological polar surface area (TPSA) is 32.3 Å². The number of hydrogen-bond donors (Lipinski definition) is 2. The largest absolute Gasteiger partial charge is 0.396 e. The van der Waals surface area contributed by atoms with Gasteiger partial charge in [-0.25, -0.2) is 0 Å². The van der Waals surface area contributed by atoms with Crippen LogP contribution in [0.2, 0.25) is 0 Å². The molecular weight excluding hydrogens is 138 g/mol. The van der Waals surface area contributed by atoms with Gasteiger partial charge in [0, 0.05) is 12.6 Å². The maximum Gasteiger partial charge on any atom is 0.0471 e. The summed E-state index contributed by atoms with van der Waals surface area (Å²) in [5.41, 5.74) is 0. The van der Waals surface area contributed by atoms with Gasteiger partial charge in [-0.3, -0.25) is 0 Å². The van der Waals surface area contributed by atoms with Gasteiger partial charge in [0.25, 0.3) is 0 Å². The van der Waals surface area contributed by atoms with Crippen molar-refractivity contribution in [3.8, 4) is 0 Å². The lowest BCUT2D eigenvalue weighted by atomic mass is 9.98. The third-order valence-electron chi connectivity index (χ3n) is 2.47. The molecule has 0 heterocycles. The molecule has 2 unspecified atom stereocenters. The van der Waals surface area contributed by atoms with Gasteiger partial charge >= 0.3 is 0 Å². The van der Waals surface area contributed by atoms with Gasteiger partial charge in [0.15, 0.2) is 0 Å². The van der Waals surface area contributed by atoms with Crippen LogP contribution in [0.25, 0.3) is 0 Å². The van der Waals surface area contributed by atoms with E-state index in [0.717, 1.165) is 12.5 Å². The number of rotatable bonds is 5. The molecule has 2 heteroatoms. The Balaban J connectivity index is 2.30. The molecule has 2 nitrogen and oxygen atoms in total. The fourth-order valence-electron chi connectivity index (χ4n) is 1.64. The highest BCUT2D eigenvalue weighted by molar-refractivity contribution is 4.88. The smallest absolute Gasteiger partial charge is 0.0471 e. The molecule has 11 heavy (non-hydrogen) atoms. The first-order chi connectivity index (χ1) is 5.29. The zero-order chi connectivity index (χ0) is 8.27. The fraction of sp³-hybridized carbons (Fsp3) is 1.00. The van der Waals surface area contributed by atoms with Crippen molar-refractivity contribution >= 4 is 0 Å². The Kier molecular flexibility index (Phi) is 3.34. The second kappa shape index (κ2) is 4.07. The van der Waals surface area contributed by atoms with Crippen LogP contribution in [0.3, 0.4) is 0 Å². The van der Waals surface area contributed by atoms with Gasteiger partial charge in [-0.05, 0) is 31.2 Å². The molecule has 66 valence electrons. The van der Waals surface area contributed by atoms with Crippen LogP contribution in [0.4, 0.5) is 0 Å². The van der Waals surface area contributed by atoms with E-state index in [1.807, 2.05) is 0 Å². The predicted octanol–water partition coefficient (Wildman–Crippen LogP) is 1.00. The van der Waals surface area contributed by atoms with Crippen LogP contribution >= 0.6 is 0 Å². The summed E-state index contributed by atoms with van der Waals surface area (Å²) in [4.78, 5) is 0. The lowest BCUT2D eigenvalue weighted by molar-refractivity contribution is 0.192. The summed E-state index contributed by atoms with van der Waals surface area (Å²) in [6.07, 6.45) is 2.70. The first-order valence-electron chi connectivity index (χ1n) is 4.63. The minimum atomic E-state index is 0.314. The van der Waals surface area contributed by atoms with E-state index in [0.29, 0.717) is 18.6 Å².